The molecule has 2 nitrogen and oxygen atoms in total. The number of aryl methyl sites for hydroxylation is 2. The van der Waals surface area contributed by atoms with Crippen LogP contribution in [0.2, 0.25) is 0 Å². The lowest BCUT2D eigenvalue weighted by Crippen LogP contribution is -2.32. The summed E-state index contributed by atoms with van der Waals surface area (Å²) in [6, 6.07) is 16.4. The summed E-state index contributed by atoms with van der Waals surface area (Å²) in [7, 11) is 0. The molecular formula is C20H25NO. The monoisotopic (exact) mass is 295 g/mol. The molecule has 22 heavy (non-hydrogen) atoms. The number of nitrogens with one attached hydrogen (secondary N) is 1. The van der Waals surface area contributed by atoms with E-state index >= 15 is 0 Å². The molecule has 1 N–H and O–H groups in total. The summed E-state index contributed by atoms with van der Waals surface area (Å²) >= 11 is 0. The minimum atomic E-state index is 0.0558. The van der Waals surface area contributed by atoms with Crippen LogP contribution in [0.15, 0.2) is 48.5 Å². The molecule has 0 aliphatic heterocycles. The van der Waals surface area contributed by atoms with Crippen molar-refractivity contribution < 1.29 is 4.79 Å². The second-order valence-corrected chi connectivity index (χ2v) is 6.30. The number of rotatable bonds is 5. The summed E-state index contributed by atoms with van der Waals surface area (Å²) in [5.74, 6) is 0.428. The highest BCUT2D eigenvalue weighted by atomic mass is 16.1. The van der Waals surface area contributed by atoms with Crippen molar-refractivity contribution in [2.75, 3.05) is 0 Å². The molecule has 0 aliphatic carbocycles. The third kappa shape index (κ3) is 4.20. The van der Waals surface area contributed by atoms with Gasteiger partial charge in [-0.3, -0.25) is 4.79 Å². The van der Waals surface area contributed by atoms with E-state index in [1.807, 2.05) is 24.3 Å². The fraction of sp³-hybridized carbons (Fsp3) is 0.350. The molecule has 1 atom stereocenters. The average Bonchev–Trinajstić information content (AvgIpc) is 2.49. The largest absolute Gasteiger partial charge is 0.349 e. The second kappa shape index (κ2) is 7.26. The van der Waals surface area contributed by atoms with Gasteiger partial charge in [0.1, 0.15) is 0 Å². The maximum absolute atomic E-state index is 12.4. The molecule has 0 radical (unpaired) electrons. The number of carbonyl (C=O) groups is 1. The molecule has 2 aromatic rings. The van der Waals surface area contributed by atoms with Crippen LogP contribution in [0.1, 0.15) is 42.1 Å². The van der Waals surface area contributed by atoms with E-state index in [-0.39, 0.29) is 11.9 Å². The molecule has 0 fully saturated rings. The Morgan fingerprint density at radius 1 is 1.00 bits per heavy atom. The zero-order valence-electron chi connectivity index (χ0n) is 13.9. The number of benzene rings is 2. The van der Waals surface area contributed by atoms with Crippen molar-refractivity contribution in [3.8, 4) is 0 Å². The molecule has 2 rings (SSSR count). The van der Waals surface area contributed by atoms with Gasteiger partial charge in [0.05, 0.1) is 12.5 Å². The molecule has 1 amide bonds. The van der Waals surface area contributed by atoms with Gasteiger partial charge in [0.15, 0.2) is 0 Å². The van der Waals surface area contributed by atoms with Crippen LogP contribution in [0.3, 0.4) is 0 Å². The third-order valence-electron chi connectivity index (χ3n) is 4.08. The smallest absolute Gasteiger partial charge is 0.224 e. The fourth-order valence-electron chi connectivity index (χ4n) is 2.62. The highest BCUT2D eigenvalue weighted by molar-refractivity contribution is 5.79. The molecular weight excluding hydrogens is 270 g/mol. The first kappa shape index (κ1) is 16.3. The summed E-state index contributed by atoms with van der Waals surface area (Å²) in [5.41, 5.74) is 4.71. The van der Waals surface area contributed by atoms with Gasteiger partial charge in [-0.15, -0.1) is 0 Å². The Labute approximate surface area is 133 Å². The van der Waals surface area contributed by atoms with Crippen LogP contribution >= 0.6 is 0 Å². The van der Waals surface area contributed by atoms with E-state index in [0.29, 0.717) is 12.3 Å². The molecule has 0 heterocycles. The Balaban J connectivity index is 2.07. The van der Waals surface area contributed by atoms with Crippen molar-refractivity contribution in [1.82, 2.24) is 5.32 Å². The summed E-state index contributed by atoms with van der Waals surface area (Å²) in [4.78, 5) is 12.4. The minimum Gasteiger partial charge on any atom is -0.349 e. The highest BCUT2D eigenvalue weighted by Gasteiger charge is 2.18. The number of carbonyl (C=O) groups excluding carboxylic acids is 1. The number of hydrogen-bond acceptors (Lipinski definition) is 1. The van der Waals surface area contributed by atoms with Crippen LogP contribution < -0.4 is 5.32 Å². The molecule has 0 saturated heterocycles. The van der Waals surface area contributed by atoms with Gasteiger partial charge >= 0.3 is 0 Å². The molecule has 1 unspecified atom stereocenters. The van der Waals surface area contributed by atoms with Crippen LogP contribution in [0, 0.1) is 19.8 Å². The maximum atomic E-state index is 12.4. The molecule has 0 aromatic heterocycles. The van der Waals surface area contributed by atoms with E-state index < -0.39 is 0 Å². The third-order valence-corrected chi connectivity index (χ3v) is 4.08. The normalized spacial score (nSPS) is 12.2. The van der Waals surface area contributed by atoms with E-state index in [4.69, 9.17) is 0 Å². The predicted molar refractivity (Wildman–Crippen MR) is 91.8 cm³/mol. The van der Waals surface area contributed by atoms with Crippen LogP contribution in [-0.2, 0) is 11.2 Å². The topological polar surface area (TPSA) is 29.1 Å². The van der Waals surface area contributed by atoms with E-state index in [2.05, 4.69) is 57.3 Å². The zero-order valence-corrected chi connectivity index (χ0v) is 13.9. The van der Waals surface area contributed by atoms with Gasteiger partial charge in [0, 0.05) is 0 Å². The van der Waals surface area contributed by atoms with E-state index in [0.717, 1.165) is 11.1 Å². The summed E-state index contributed by atoms with van der Waals surface area (Å²) in [6.07, 6.45) is 0.428. The lowest BCUT2D eigenvalue weighted by molar-refractivity contribution is -0.121. The fourth-order valence-corrected chi connectivity index (χ4v) is 2.62. The van der Waals surface area contributed by atoms with E-state index in [1.54, 1.807) is 0 Å². The molecule has 0 spiro atoms. The molecule has 0 saturated carbocycles. The van der Waals surface area contributed by atoms with Gasteiger partial charge < -0.3 is 5.32 Å². The van der Waals surface area contributed by atoms with Crippen LogP contribution in [0.25, 0.3) is 0 Å². The summed E-state index contributed by atoms with van der Waals surface area (Å²) in [6.45, 7) is 8.43. The Kier molecular flexibility index (Phi) is 5.37. The first-order valence-corrected chi connectivity index (χ1v) is 7.88. The first-order valence-electron chi connectivity index (χ1n) is 7.88. The molecule has 0 bridgehead atoms. The van der Waals surface area contributed by atoms with E-state index in [9.17, 15) is 4.79 Å². The maximum Gasteiger partial charge on any atom is 0.224 e. The summed E-state index contributed by atoms with van der Waals surface area (Å²) < 4.78 is 0. The zero-order chi connectivity index (χ0) is 16.1. The molecule has 116 valence electrons. The predicted octanol–water partition coefficient (Wildman–Crippen LogP) is 4.36. The van der Waals surface area contributed by atoms with Gasteiger partial charge in [-0.1, -0.05) is 62.4 Å². The van der Waals surface area contributed by atoms with Crippen molar-refractivity contribution in [3.05, 3.63) is 70.8 Å². The Morgan fingerprint density at radius 2 is 1.68 bits per heavy atom. The van der Waals surface area contributed by atoms with Gasteiger partial charge in [-0.05, 0) is 42.0 Å². The second-order valence-electron chi connectivity index (χ2n) is 6.30. The highest BCUT2D eigenvalue weighted by Crippen LogP contribution is 2.21. The average molecular weight is 295 g/mol. The molecule has 2 aromatic carbocycles. The SMILES string of the molecule is Cc1ccc(CC(=O)NC(c2ccccc2)C(C)C)cc1C. The van der Waals surface area contributed by atoms with Crippen LogP contribution in [-0.4, -0.2) is 5.91 Å². The van der Waals surface area contributed by atoms with Gasteiger partial charge in [0.2, 0.25) is 5.91 Å². The van der Waals surface area contributed by atoms with Crippen molar-refractivity contribution in [2.45, 2.75) is 40.2 Å². The van der Waals surface area contributed by atoms with Crippen molar-refractivity contribution in [2.24, 2.45) is 5.92 Å². The van der Waals surface area contributed by atoms with Gasteiger partial charge in [-0.2, -0.15) is 0 Å². The molecule has 2 heteroatoms. The molecule has 0 aliphatic rings. The van der Waals surface area contributed by atoms with Gasteiger partial charge in [0.25, 0.3) is 0 Å². The van der Waals surface area contributed by atoms with E-state index in [1.165, 1.54) is 11.1 Å². The van der Waals surface area contributed by atoms with Crippen LogP contribution in [0.4, 0.5) is 0 Å². The Morgan fingerprint density at radius 3 is 2.27 bits per heavy atom. The van der Waals surface area contributed by atoms with Gasteiger partial charge in [-0.25, -0.2) is 0 Å². The van der Waals surface area contributed by atoms with Crippen molar-refractivity contribution >= 4 is 5.91 Å². The Hall–Kier alpha value is -2.09. The quantitative estimate of drug-likeness (QED) is 0.872. The van der Waals surface area contributed by atoms with Crippen LogP contribution in [0.5, 0.6) is 0 Å². The standard InChI is InChI=1S/C20H25NO/c1-14(2)20(18-8-6-5-7-9-18)21-19(22)13-17-11-10-15(3)16(4)12-17/h5-12,14,20H,13H2,1-4H3,(H,21,22). The number of amides is 1. The number of hydrogen-bond donors (Lipinski definition) is 1. The van der Waals surface area contributed by atoms with Crippen molar-refractivity contribution in [1.29, 1.82) is 0 Å². The minimum absolute atomic E-state index is 0.0558. The van der Waals surface area contributed by atoms with Crippen molar-refractivity contribution in [3.63, 3.8) is 0 Å². The lowest BCUT2D eigenvalue weighted by atomic mass is 9.95. The first-order chi connectivity index (χ1) is 10.5. The lowest BCUT2D eigenvalue weighted by Gasteiger charge is -2.23. The Bertz CT molecular complexity index is 631. The summed E-state index contributed by atoms with van der Waals surface area (Å²) in [5, 5.41) is 3.18.